The first-order valence-electron chi connectivity index (χ1n) is 8.56. The monoisotopic (exact) mass is 345 g/mol. The zero-order valence-electron chi connectivity index (χ0n) is 14.4. The number of amides is 1. The lowest BCUT2D eigenvalue weighted by molar-refractivity contribution is -0.137. The fraction of sp³-hybridized carbons (Fsp3) is 0.529. The Hall–Kier alpha value is -2.64. The predicted molar refractivity (Wildman–Crippen MR) is 89.8 cm³/mol. The van der Waals surface area contributed by atoms with Gasteiger partial charge in [-0.1, -0.05) is 0 Å². The number of nitrogens with zero attached hydrogens (tertiary/aromatic N) is 5. The van der Waals surface area contributed by atoms with E-state index in [0.717, 1.165) is 30.2 Å². The molecule has 0 unspecified atom stereocenters. The maximum Gasteiger partial charge on any atom is 0.303 e. The lowest BCUT2D eigenvalue weighted by Crippen LogP contribution is -2.38. The predicted octanol–water partition coefficient (Wildman–Crippen LogP) is 1.23. The van der Waals surface area contributed by atoms with Crippen molar-refractivity contribution in [3.8, 4) is 0 Å². The Morgan fingerprint density at radius 2 is 2.12 bits per heavy atom. The van der Waals surface area contributed by atoms with Crippen molar-refractivity contribution in [1.82, 2.24) is 24.2 Å². The molecule has 0 spiro atoms. The van der Waals surface area contributed by atoms with Crippen LogP contribution < -0.4 is 0 Å². The highest BCUT2D eigenvalue weighted by Gasteiger charge is 2.22. The molecule has 0 bridgehead atoms. The number of hydrogen-bond donors (Lipinski definition) is 1. The number of carboxylic acids is 1. The first-order chi connectivity index (χ1) is 12.0. The zero-order chi connectivity index (χ0) is 17.8. The van der Waals surface area contributed by atoms with Crippen molar-refractivity contribution in [3.05, 3.63) is 35.7 Å². The van der Waals surface area contributed by atoms with Crippen molar-refractivity contribution in [2.75, 3.05) is 6.54 Å². The Balaban J connectivity index is 1.50. The molecule has 2 aromatic heterocycles. The smallest absolute Gasteiger partial charge is 0.303 e. The molecule has 0 saturated heterocycles. The molecule has 1 aliphatic rings. The molecule has 0 radical (unpaired) electrons. The number of imidazole rings is 1. The molecule has 0 saturated carbocycles. The van der Waals surface area contributed by atoms with E-state index in [-0.39, 0.29) is 12.3 Å². The van der Waals surface area contributed by atoms with Crippen LogP contribution >= 0.6 is 0 Å². The van der Waals surface area contributed by atoms with Gasteiger partial charge in [0.2, 0.25) is 5.91 Å². The molecule has 0 aliphatic carbocycles. The highest BCUT2D eigenvalue weighted by molar-refractivity contribution is 5.76. The summed E-state index contributed by atoms with van der Waals surface area (Å²) in [6.07, 6.45) is 5.50. The van der Waals surface area contributed by atoms with Crippen molar-refractivity contribution < 1.29 is 14.7 Å². The highest BCUT2D eigenvalue weighted by Crippen LogP contribution is 2.16. The van der Waals surface area contributed by atoms with Gasteiger partial charge in [-0.25, -0.2) is 4.98 Å². The Bertz CT molecular complexity index is 764. The Kier molecular flexibility index (Phi) is 5.16. The molecule has 0 aromatic carbocycles. The third kappa shape index (κ3) is 4.26. The molecule has 2 aromatic rings. The second kappa shape index (κ2) is 7.50. The third-order valence-electron chi connectivity index (χ3n) is 4.51. The van der Waals surface area contributed by atoms with Crippen LogP contribution in [0.4, 0.5) is 0 Å². The molecule has 1 aliphatic heterocycles. The molecule has 25 heavy (non-hydrogen) atoms. The molecular weight excluding hydrogens is 322 g/mol. The molecule has 134 valence electrons. The van der Waals surface area contributed by atoms with E-state index in [4.69, 9.17) is 5.11 Å². The first-order valence-corrected chi connectivity index (χ1v) is 8.56. The zero-order valence-corrected chi connectivity index (χ0v) is 14.4. The largest absolute Gasteiger partial charge is 0.481 e. The Labute approximate surface area is 146 Å². The molecule has 1 N–H and O–H groups in total. The van der Waals surface area contributed by atoms with Gasteiger partial charge in [-0.15, -0.1) is 0 Å². The summed E-state index contributed by atoms with van der Waals surface area (Å²) in [7, 11) is 0. The number of hydrogen-bond acceptors (Lipinski definition) is 4. The molecular formula is C17H23N5O3. The summed E-state index contributed by atoms with van der Waals surface area (Å²) in [5.41, 5.74) is 1.76. The Morgan fingerprint density at radius 3 is 2.84 bits per heavy atom. The van der Waals surface area contributed by atoms with Crippen LogP contribution in [0.1, 0.15) is 36.5 Å². The van der Waals surface area contributed by atoms with Crippen LogP contribution in [-0.2, 0) is 35.6 Å². The van der Waals surface area contributed by atoms with Crippen molar-refractivity contribution in [2.24, 2.45) is 0 Å². The van der Waals surface area contributed by atoms with E-state index >= 15 is 0 Å². The normalized spacial score (nSPS) is 13.7. The number of carbonyl (C=O) groups is 2. The summed E-state index contributed by atoms with van der Waals surface area (Å²) in [6, 6.07) is 1.91. The quantitative estimate of drug-likeness (QED) is 0.814. The number of aliphatic carboxylic acids is 1. The van der Waals surface area contributed by atoms with E-state index in [2.05, 4.69) is 10.1 Å². The van der Waals surface area contributed by atoms with Gasteiger partial charge >= 0.3 is 5.97 Å². The number of aromatic nitrogens is 4. The standard InChI is InChI=1S/C17H23N5O3/c1-13-18-6-8-20(13)7-2-3-16(23)21-9-10-22-15(12-21)11-14(19-22)4-5-17(24)25/h6,8,11H,2-5,7,9-10,12H2,1H3,(H,24,25). The lowest BCUT2D eigenvalue weighted by atomic mass is 10.2. The number of aryl methyl sites for hydroxylation is 3. The van der Waals surface area contributed by atoms with Crippen LogP contribution in [0.2, 0.25) is 0 Å². The maximum atomic E-state index is 12.4. The van der Waals surface area contributed by atoms with Gasteiger partial charge in [-0.2, -0.15) is 5.10 Å². The van der Waals surface area contributed by atoms with E-state index in [9.17, 15) is 9.59 Å². The molecule has 0 atom stereocenters. The van der Waals surface area contributed by atoms with Gasteiger partial charge in [0.05, 0.1) is 30.9 Å². The van der Waals surface area contributed by atoms with Crippen LogP contribution in [0, 0.1) is 6.92 Å². The van der Waals surface area contributed by atoms with Gasteiger partial charge in [0, 0.05) is 38.3 Å². The van der Waals surface area contributed by atoms with Gasteiger partial charge in [0.25, 0.3) is 0 Å². The summed E-state index contributed by atoms with van der Waals surface area (Å²) in [5.74, 6) is 0.288. The highest BCUT2D eigenvalue weighted by atomic mass is 16.4. The Morgan fingerprint density at radius 1 is 1.28 bits per heavy atom. The van der Waals surface area contributed by atoms with Gasteiger partial charge in [0.1, 0.15) is 5.82 Å². The summed E-state index contributed by atoms with van der Waals surface area (Å²) in [4.78, 5) is 29.1. The second-order valence-electron chi connectivity index (χ2n) is 6.33. The van der Waals surface area contributed by atoms with Gasteiger partial charge in [-0.05, 0) is 19.4 Å². The topological polar surface area (TPSA) is 93.3 Å². The molecule has 8 heteroatoms. The maximum absolute atomic E-state index is 12.4. The number of fused-ring (bicyclic) bond motifs is 1. The number of rotatable bonds is 7. The van der Waals surface area contributed by atoms with E-state index in [1.54, 1.807) is 6.20 Å². The first kappa shape index (κ1) is 17.2. The van der Waals surface area contributed by atoms with Crippen LogP contribution in [0.15, 0.2) is 18.5 Å². The van der Waals surface area contributed by atoms with Crippen molar-refractivity contribution in [1.29, 1.82) is 0 Å². The summed E-state index contributed by atoms with van der Waals surface area (Å²) in [6.45, 7) is 4.60. The second-order valence-corrected chi connectivity index (χ2v) is 6.33. The molecule has 3 rings (SSSR count). The average Bonchev–Trinajstić information content (AvgIpc) is 3.18. The lowest BCUT2D eigenvalue weighted by Gasteiger charge is -2.27. The minimum Gasteiger partial charge on any atom is -0.481 e. The fourth-order valence-electron chi connectivity index (χ4n) is 3.09. The number of carboxylic acid groups (broad SMARTS) is 1. The molecule has 1 amide bonds. The molecule has 3 heterocycles. The van der Waals surface area contributed by atoms with Crippen molar-refractivity contribution in [2.45, 2.75) is 52.2 Å². The third-order valence-corrected chi connectivity index (χ3v) is 4.51. The average molecular weight is 345 g/mol. The van der Waals surface area contributed by atoms with E-state index in [0.29, 0.717) is 32.5 Å². The molecule has 8 nitrogen and oxygen atoms in total. The summed E-state index contributed by atoms with van der Waals surface area (Å²) < 4.78 is 3.93. The minimum absolute atomic E-state index is 0.0762. The summed E-state index contributed by atoms with van der Waals surface area (Å²) in [5, 5.41) is 13.2. The van der Waals surface area contributed by atoms with E-state index < -0.39 is 5.97 Å². The van der Waals surface area contributed by atoms with Crippen LogP contribution in [0.25, 0.3) is 0 Å². The van der Waals surface area contributed by atoms with E-state index in [1.807, 2.05) is 33.3 Å². The van der Waals surface area contributed by atoms with Gasteiger partial charge in [-0.3, -0.25) is 14.3 Å². The van der Waals surface area contributed by atoms with Gasteiger partial charge < -0.3 is 14.6 Å². The minimum atomic E-state index is -0.823. The molecule has 0 fully saturated rings. The SMILES string of the molecule is Cc1nccn1CCCC(=O)N1CCn2nc(CCC(=O)O)cc2C1. The van der Waals surface area contributed by atoms with Crippen molar-refractivity contribution in [3.63, 3.8) is 0 Å². The number of carbonyl (C=O) groups excluding carboxylic acids is 1. The van der Waals surface area contributed by atoms with E-state index in [1.165, 1.54) is 0 Å². The van der Waals surface area contributed by atoms with Gasteiger partial charge in [0.15, 0.2) is 0 Å². The summed E-state index contributed by atoms with van der Waals surface area (Å²) >= 11 is 0. The fourth-order valence-corrected chi connectivity index (χ4v) is 3.09. The van der Waals surface area contributed by atoms with Crippen LogP contribution in [-0.4, -0.2) is 47.8 Å². The van der Waals surface area contributed by atoms with Crippen LogP contribution in [0.3, 0.4) is 0 Å². The van der Waals surface area contributed by atoms with Crippen molar-refractivity contribution >= 4 is 11.9 Å². The van der Waals surface area contributed by atoms with Crippen LogP contribution in [0.5, 0.6) is 0 Å².